The van der Waals surface area contributed by atoms with Crippen molar-refractivity contribution >= 4 is 33.2 Å². The summed E-state index contributed by atoms with van der Waals surface area (Å²) in [5.74, 6) is 1.01. The lowest BCUT2D eigenvalue weighted by Gasteiger charge is -2.15. The fourth-order valence-corrected chi connectivity index (χ4v) is 3.96. The summed E-state index contributed by atoms with van der Waals surface area (Å²) >= 11 is 5.25. The number of hydrogen-bond donors (Lipinski definition) is 1. The SMILES string of the molecule is Brc1ccc(CNc2nccn2C2CCCC2)s1. The fraction of sp³-hybridized carbons (Fsp3) is 0.462. The highest BCUT2D eigenvalue weighted by Crippen LogP contribution is 2.31. The van der Waals surface area contributed by atoms with E-state index in [1.807, 2.05) is 6.20 Å². The van der Waals surface area contributed by atoms with Crippen LogP contribution in [-0.4, -0.2) is 9.55 Å². The first-order valence-electron chi connectivity index (χ1n) is 6.34. The Labute approximate surface area is 119 Å². The molecular weight excluding hydrogens is 310 g/mol. The summed E-state index contributed by atoms with van der Waals surface area (Å²) in [5.41, 5.74) is 0. The minimum atomic E-state index is 0.644. The second kappa shape index (κ2) is 5.45. The van der Waals surface area contributed by atoms with Gasteiger partial charge in [0.05, 0.1) is 10.3 Å². The monoisotopic (exact) mass is 325 g/mol. The maximum absolute atomic E-state index is 4.43. The van der Waals surface area contributed by atoms with Crippen LogP contribution in [0.2, 0.25) is 0 Å². The Morgan fingerprint density at radius 3 is 2.94 bits per heavy atom. The second-order valence-corrected chi connectivity index (χ2v) is 7.20. The average Bonchev–Trinajstić information content (AvgIpc) is 3.07. The van der Waals surface area contributed by atoms with Gasteiger partial charge in [0.15, 0.2) is 0 Å². The highest BCUT2D eigenvalue weighted by atomic mass is 79.9. The van der Waals surface area contributed by atoms with E-state index in [0.717, 1.165) is 12.5 Å². The van der Waals surface area contributed by atoms with Crippen LogP contribution in [0.1, 0.15) is 36.6 Å². The molecule has 1 N–H and O–H groups in total. The highest BCUT2D eigenvalue weighted by molar-refractivity contribution is 9.11. The van der Waals surface area contributed by atoms with Gasteiger partial charge in [-0.1, -0.05) is 12.8 Å². The molecule has 0 atom stereocenters. The molecule has 0 saturated heterocycles. The number of anilines is 1. The molecule has 18 heavy (non-hydrogen) atoms. The van der Waals surface area contributed by atoms with E-state index in [0.29, 0.717) is 6.04 Å². The Morgan fingerprint density at radius 1 is 1.39 bits per heavy atom. The summed E-state index contributed by atoms with van der Waals surface area (Å²) in [6.45, 7) is 0.847. The summed E-state index contributed by atoms with van der Waals surface area (Å²) in [4.78, 5) is 5.75. The molecule has 2 aromatic rings. The summed E-state index contributed by atoms with van der Waals surface area (Å²) in [6.07, 6.45) is 9.26. The average molecular weight is 326 g/mol. The van der Waals surface area contributed by atoms with Gasteiger partial charge in [-0.25, -0.2) is 4.98 Å². The molecule has 0 spiro atoms. The van der Waals surface area contributed by atoms with Crippen LogP contribution < -0.4 is 5.32 Å². The largest absolute Gasteiger partial charge is 0.351 e. The molecular formula is C13H16BrN3S. The predicted molar refractivity (Wildman–Crippen MR) is 79.1 cm³/mol. The van der Waals surface area contributed by atoms with Crippen molar-refractivity contribution in [2.75, 3.05) is 5.32 Å². The number of thiophene rings is 1. The van der Waals surface area contributed by atoms with E-state index in [-0.39, 0.29) is 0 Å². The van der Waals surface area contributed by atoms with Gasteiger partial charge in [-0.2, -0.15) is 0 Å². The molecule has 0 unspecified atom stereocenters. The van der Waals surface area contributed by atoms with Gasteiger partial charge in [-0.05, 0) is 40.9 Å². The lowest BCUT2D eigenvalue weighted by molar-refractivity contribution is 0.523. The van der Waals surface area contributed by atoms with Gasteiger partial charge in [0.1, 0.15) is 0 Å². The lowest BCUT2D eigenvalue weighted by atomic mass is 10.2. The van der Waals surface area contributed by atoms with Crippen LogP contribution in [0.15, 0.2) is 28.3 Å². The number of rotatable bonds is 4. The minimum absolute atomic E-state index is 0.644. The molecule has 1 saturated carbocycles. The van der Waals surface area contributed by atoms with Crippen LogP contribution >= 0.6 is 27.3 Å². The quantitative estimate of drug-likeness (QED) is 0.900. The Kier molecular flexibility index (Phi) is 3.70. The van der Waals surface area contributed by atoms with Crippen molar-refractivity contribution in [2.24, 2.45) is 0 Å². The van der Waals surface area contributed by atoms with Crippen LogP contribution in [0.5, 0.6) is 0 Å². The third-order valence-corrected chi connectivity index (χ3v) is 5.06. The van der Waals surface area contributed by atoms with Gasteiger partial charge >= 0.3 is 0 Å². The molecule has 2 aromatic heterocycles. The third kappa shape index (κ3) is 2.62. The molecule has 3 rings (SSSR count). The van der Waals surface area contributed by atoms with Crippen molar-refractivity contribution in [1.29, 1.82) is 0 Å². The maximum Gasteiger partial charge on any atom is 0.203 e. The fourth-order valence-electron chi connectivity index (χ4n) is 2.54. The van der Waals surface area contributed by atoms with Gasteiger partial charge in [0.2, 0.25) is 5.95 Å². The first-order chi connectivity index (χ1) is 8.83. The molecule has 0 amide bonds. The van der Waals surface area contributed by atoms with Gasteiger partial charge < -0.3 is 9.88 Å². The van der Waals surface area contributed by atoms with Gasteiger partial charge in [0.25, 0.3) is 0 Å². The number of nitrogens with one attached hydrogen (secondary N) is 1. The van der Waals surface area contributed by atoms with E-state index in [2.05, 4.69) is 49.1 Å². The lowest BCUT2D eigenvalue weighted by Crippen LogP contribution is -2.10. The van der Waals surface area contributed by atoms with Crippen LogP contribution in [0, 0.1) is 0 Å². The van der Waals surface area contributed by atoms with Crippen molar-refractivity contribution in [3.63, 3.8) is 0 Å². The summed E-state index contributed by atoms with van der Waals surface area (Å²) in [5, 5.41) is 3.44. The summed E-state index contributed by atoms with van der Waals surface area (Å²) in [6, 6.07) is 4.88. The first-order valence-corrected chi connectivity index (χ1v) is 7.95. The zero-order valence-electron chi connectivity index (χ0n) is 10.1. The van der Waals surface area contributed by atoms with Crippen molar-refractivity contribution in [2.45, 2.75) is 38.3 Å². The highest BCUT2D eigenvalue weighted by Gasteiger charge is 2.18. The van der Waals surface area contributed by atoms with Gasteiger partial charge in [-0.15, -0.1) is 11.3 Å². The Hall–Kier alpha value is -0.810. The van der Waals surface area contributed by atoms with Gasteiger partial charge in [-0.3, -0.25) is 0 Å². The topological polar surface area (TPSA) is 29.9 Å². The van der Waals surface area contributed by atoms with Crippen LogP contribution in [-0.2, 0) is 6.54 Å². The van der Waals surface area contributed by atoms with Crippen LogP contribution in [0.3, 0.4) is 0 Å². The van der Waals surface area contributed by atoms with E-state index >= 15 is 0 Å². The van der Waals surface area contributed by atoms with Crippen molar-refractivity contribution in [3.05, 3.63) is 33.2 Å². The normalized spacial score (nSPS) is 16.3. The Balaban J connectivity index is 1.67. The predicted octanol–water partition coefficient (Wildman–Crippen LogP) is 4.43. The summed E-state index contributed by atoms with van der Waals surface area (Å²) < 4.78 is 3.48. The Morgan fingerprint density at radius 2 is 2.22 bits per heavy atom. The van der Waals surface area contributed by atoms with E-state index in [1.165, 1.54) is 34.3 Å². The smallest absolute Gasteiger partial charge is 0.203 e. The van der Waals surface area contributed by atoms with Gasteiger partial charge in [0, 0.05) is 23.3 Å². The second-order valence-electron chi connectivity index (χ2n) is 4.66. The molecule has 0 aliphatic heterocycles. The molecule has 1 fully saturated rings. The van der Waals surface area contributed by atoms with E-state index in [4.69, 9.17) is 0 Å². The Bertz CT molecular complexity index is 514. The molecule has 2 heterocycles. The van der Waals surface area contributed by atoms with E-state index < -0.39 is 0 Å². The standard InChI is InChI=1S/C13H16BrN3S/c14-12-6-5-11(18-12)9-16-13-15-7-8-17(13)10-3-1-2-4-10/h5-8,10H,1-4,9H2,(H,15,16). The molecule has 0 radical (unpaired) electrons. The minimum Gasteiger partial charge on any atom is -0.351 e. The number of nitrogens with zero attached hydrogens (tertiary/aromatic N) is 2. The molecule has 1 aliphatic carbocycles. The van der Waals surface area contributed by atoms with Crippen molar-refractivity contribution in [3.8, 4) is 0 Å². The molecule has 0 aromatic carbocycles. The zero-order valence-corrected chi connectivity index (χ0v) is 12.5. The number of halogens is 1. The van der Waals surface area contributed by atoms with Crippen molar-refractivity contribution in [1.82, 2.24) is 9.55 Å². The van der Waals surface area contributed by atoms with Crippen LogP contribution in [0.4, 0.5) is 5.95 Å². The number of aromatic nitrogens is 2. The van der Waals surface area contributed by atoms with Crippen LogP contribution in [0.25, 0.3) is 0 Å². The maximum atomic E-state index is 4.43. The molecule has 3 nitrogen and oxygen atoms in total. The third-order valence-electron chi connectivity index (χ3n) is 3.44. The molecule has 5 heteroatoms. The number of imidazole rings is 1. The molecule has 96 valence electrons. The van der Waals surface area contributed by atoms with E-state index in [1.54, 1.807) is 11.3 Å². The first kappa shape index (κ1) is 12.2. The molecule has 1 aliphatic rings. The van der Waals surface area contributed by atoms with E-state index in [9.17, 15) is 0 Å². The zero-order chi connectivity index (χ0) is 12.4. The molecule has 0 bridgehead atoms. The van der Waals surface area contributed by atoms with Crippen molar-refractivity contribution < 1.29 is 0 Å². The number of hydrogen-bond acceptors (Lipinski definition) is 3. The summed E-state index contributed by atoms with van der Waals surface area (Å²) in [7, 11) is 0.